The molecule has 0 bridgehead atoms. The molecule has 0 atom stereocenters. The van der Waals surface area contributed by atoms with E-state index < -0.39 is 29.6 Å². The number of hydrogen-bond donors (Lipinski definition) is 1. The lowest BCUT2D eigenvalue weighted by Crippen LogP contribution is -2.60. The zero-order valence-electron chi connectivity index (χ0n) is 12.4. The van der Waals surface area contributed by atoms with Gasteiger partial charge >= 0.3 is 12.4 Å². The Balaban J connectivity index is 2.45. The molecule has 2 aliphatic rings. The molecule has 2 N–H and O–H groups in total. The van der Waals surface area contributed by atoms with Crippen molar-refractivity contribution in [2.24, 2.45) is 23.0 Å². The highest BCUT2D eigenvalue weighted by molar-refractivity contribution is 5.04. The van der Waals surface area contributed by atoms with Crippen molar-refractivity contribution >= 4 is 0 Å². The molecule has 0 heterocycles. The van der Waals surface area contributed by atoms with E-state index in [0.717, 1.165) is 6.42 Å². The van der Waals surface area contributed by atoms with Gasteiger partial charge in [-0.2, -0.15) is 26.3 Å². The average Bonchev–Trinajstić information content (AvgIpc) is 2.39. The van der Waals surface area contributed by atoms with Gasteiger partial charge in [0, 0.05) is 6.04 Å². The highest BCUT2D eigenvalue weighted by atomic mass is 19.4. The van der Waals surface area contributed by atoms with E-state index in [1.165, 1.54) is 0 Å². The van der Waals surface area contributed by atoms with E-state index in [1.807, 2.05) is 0 Å². The fraction of sp³-hybridized carbons (Fsp3) is 1.00. The van der Waals surface area contributed by atoms with Gasteiger partial charge in [-0.15, -0.1) is 0 Å². The fourth-order valence-electron chi connectivity index (χ4n) is 4.55. The minimum atomic E-state index is -5.26. The Kier molecular flexibility index (Phi) is 5.05. The van der Waals surface area contributed by atoms with Crippen LogP contribution < -0.4 is 5.73 Å². The number of hydrogen-bond acceptors (Lipinski definition) is 1. The number of halogens is 6. The van der Waals surface area contributed by atoms with Crippen LogP contribution in [0.3, 0.4) is 0 Å². The van der Waals surface area contributed by atoms with Crippen molar-refractivity contribution in [1.82, 2.24) is 0 Å². The Bertz CT molecular complexity index is 347. The summed E-state index contributed by atoms with van der Waals surface area (Å²) in [5.41, 5.74) is 2.12. The topological polar surface area (TPSA) is 26.0 Å². The predicted octanol–water partition coefficient (Wildman–Crippen LogP) is 5.20. The Morgan fingerprint density at radius 3 is 1.41 bits per heavy atom. The third-order valence-electron chi connectivity index (χ3n) is 5.60. The van der Waals surface area contributed by atoms with Crippen molar-refractivity contribution in [3.8, 4) is 0 Å². The maximum atomic E-state index is 13.8. The molecule has 7 heteroatoms. The first kappa shape index (κ1) is 17.9. The average molecular weight is 331 g/mol. The second kappa shape index (κ2) is 6.21. The summed E-state index contributed by atoms with van der Waals surface area (Å²) in [4.78, 5) is 0. The summed E-state index contributed by atoms with van der Waals surface area (Å²) in [5, 5.41) is 0. The van der Waals surface area contributed by atoms with E-state index in [9.17, 15) is 26.3 Å². The van der Waals surface area contributed by atoms with E-state index in [1.54, 1.807) is 0 Å². The van der Waals surface area contributed by atoms with Gasteiger partial charge in [0.15, 0.2) is 5.41 Å². The van der Waals surface area contributed by atoms with Crippen LogP contribution in [0.1, 0.15) is 57.8 Å². The monoisotopic (exact) mass is 331 g/mol. The molecule has 130 valence electrons. The van der Waals surface area contributed by atoms with Crippen molar-refractivity contribution in [3.63, 3.8) is 0 Å². The molecule has 22 heavy (non-hydrogen) atoms. The Morgan fingerprint density at radius 2 is 1.00 bits per heavy atom. The molecular formula is C15H23F6N. The van der Waals surface area contributed by atoms with Crippen molar-refractivity contribution in [2.75, 3.05) is 0 Å². The second-order valence-electron chi connectivity index (χ2n) is 6.81. The SMILES string of the molecule is N[C@H]1CC[C@@H](C(C2CCCCC2)(C(F)(F)F)C(F)(F)F)CC1. The third kappa shape index (κ3) is 2.97. The minimum Gasteiger partial charge on any atom is -0.328 e. The van der Waals surface area contributed by atoms with Crippen LogP contribution in [0, 0.1) is 17.3 Å². The summed E-state index contributed by atoms with van der Waals surface area (Å²) in [6, 6.07) is -0.276. The van der Waals surface area contributed by atoms with Crippen molar-refractivity contribution in [2.45, 2.75) is 76.2 Å². The zero-order chi connectivity index (χ0) is 16.6. The van der Waals surface area contributed by atoms with E-state index in [0.29, 0.717) is 12.8 Å². The van der Waals surface area contributed by atoms with Gasteiger partial charge in [0.25, 0.3) is 0 Å². The molecule has 2 fully saturated rings. The molecule has 0 spiro atoms. The summed E-state index contributed by atoms with van der Waals surface area (Å²) < 4.78 is 82.7. The smallest absolute Gasteiger partial charge is 0.328 e. The fourth-order valence-corrected chi connectivity index (χ4v) is 4.55. The van der Waals surface area contributed by atoms with Crippen LogP contribution >= 0.6 is 0 Å². The Morgan fingerprint density at radius 1 is 0.591 bits per heavy atom. The van der Waals surface area contributed by atoms with Gasteiger partial charge < -0.3 is 5.73 Å². The van der Waals surface area contributed by atoms with Crippen LogP contribution in [0.5, 0.6) is 0 Å². The third-order valence-corrected chi connectivity index (χ3v) is 5.60. The first-order chi connectivity index (χ1) is 10.1. The zero-order valence-corrected chi connectivity index (χ0v) is 12.4. The van der Waals surface area contributed by atoms with Crippen molar-refractivity contribution < 1.29 is 26.3 Å². The second-order valence-corrected chi connectivity index (χ2v) is 6.81. The van der Waals surface area contributed by atoms with Crippen LogP contribution in [0.2, 0.25) is 0 Å². The van der Waals surface area contributed by atoms with Gasteiger partial charge in [-0.3, -0.25) is 0 Å². The molecule has 2 saturated carbocycles. The molecule has 0 radical (unpaired) electrons. The molecule has 2 rings (SSSR count). The number of nitrogens with two attached hydrogens (primary N) is 1. The highest BCUT2D eigenvalue weighted by Crippen LogP contribution is 2.64. The van der Waals surface area contributed by atoms with Gasteiger partial charge in [0.2, 0.25) is 0 Å². The number of alkyl halides is 6. The first-order valence-electron chi connectivity index (χ1n) is 7.99. The summed E-state index contributed by atoms with van der Waals surface area (Å²) in [6.45, 7) is 0. The normalized spacial score (nSPS) is 29.6. The minimum absolute atomic E-state index is 0.0154. The maximum absolute atomic E-state index is 13.8. The van der Waals surface area contributed by atoms with E-state index in [2.05, 4.69) is 0 Å². The Hall–Kier alpha value is -0.460. The molecular weight excluding hydrogens is 308 g/mol. The highest BCUT2D eigenvalue weighted by Gasteiger charge is 2.76. The van der Waals surface area contributed by atoms with Crippen LogP contribution in [-0.2, 0) is 0 Å². The lowest BCUT2D eigenvalue weighted by Gasteiger charge is -2.50. The quantitative estimate of drug-likeness (QED) is 0.692. The lowest BCUT2D eigenvalue weighted by molar-refractivity contribution is -0.381. The molecule has 0 aromatic carbocycles. The van der Waals surface area contributed by atoms with Crippen molar-refractivity contribution in [3.05, 3.63) is 0 Å². The maximum Gasteiger partial charge on any atom is 0.403 e. The summed E-state index contributed by atoms with van der Waals surface area (Å²) >= 11 is 0. The standard InChI is InChI=1S/C15H23F6N/c16-14(17,18)13(15(19,20)21,10-4-2-1-3-5-10)11-6-8-12(22)9-7-11/h10-12H,1-9,22H2/t11-,12+. The summed E-state index contributed by atoms with van der Waals surface area (Å²) in [7, 11) is 0. The van der Waals surface area contributed by atoms with Crippen molar-refractivity contribution in [1.29, 1.82) is 0 Å². The summed E-state index contributed by atoms with van der Waals surface area (Å²) in [6.07, 6.45) is -8.57. The lowest BCUT2D eigenvalue weighted by atomic mass is 9.57. The Labute approximate surface area is 126 Å². The molecule has 0 aromatic rings. The molecule has 0 amide bonds. The first-order valence-corrected chi connectivity index (χ1v) is 7.99. The molecule has 0 aliphatic heterocycles. The van der Waals surface area contributed by atoms with Gasteiger partial charge in [-0.05, 0) is 50.4 Å². The van der Waals surface area contributed by atoms with Gasteiger partial charge in [0.05, 0.1) is 0 Å². The van der Waals surface area contributed by atoms with Gasteiger partial charge in [0.1, 0.15) is 0 Å². The molecule has 0 saturated heterocycles. The molecule has 0 aromatic heterocycles. The van der Waals surface area contributed by atoms with E-state index >= 15 is 0 Å². The molecule has 2 aliphatic carbocycles. The summed E-state index contributed by atoms with van der Waals surface area (Å²) in [5.74, 6) is -2.74. The predicted molar refractivity (Wildman–Crippen MR) is 71.1 cm³/mol. The van der Waals surface area contributed by atoms with Crippen LogP contribution in [0.4, 0.5) is 26.3 Å². The van der Waals surface area contributed by atoms with E-state index in [-0.39, 0.29) is 44.6 Å². The number of rotatable bonds is 2. The molecule has 0 unspecified atom stereocenters. The van der Waals surface area contributed by atoms with Gasteiger partial charge in [-0.1, -0.05) is 19.3 Å². The van der Waals surface area contributed by atoms with Crippen LogP contribution in [-0.4, -0.2) is 18.4 Å². The van der Waals surface area contributed by atoms with Crippen LogP contribution in [0.15, 0.2) is 0 Å². The largest absolute Gasteiger partial charge is 0.403 e. The van der Waals surface area contributed by atoms with Gasteiger partial charge in [-0.25, -0.2) is 0 Å². The van der Waals surface area contributed by atoms with E-state index in [4.69, 9.17) is 5.73 Å². The van der Waals surface area contributed by atoms with Crippen LogP contribution in [0.25, 0.3) is 0 Å². The molecule has 1 nitrogen and oxygen atoms in total.